The summed E-state index contributed by atoms with van der Waals surface area (Å²) in [5.74, 6) is -0.0622. The van der Waals surface area contributed by atoms with Crippen LogP contribution in [0.15, 0.2) is 48.5 Å². The SMILES string of the molecule is O=C1C(Cl)C(c2ccc(Cl)cc2)N1c1ccc(I)cc1. The molecule has 2 aromatic rings. The molecule has 2 nitrogen and oxygen atoms in total. The van der Waals surface area contributed by atoms with Crippen LogP contribution in [0.4, 0.5) is 5.69 Å². The van der Waals surface area contributed by atoms with Crippen LogP contribution in [0.3, 0.4) is 0 Å². The lowest BCUT2D eigenvalue weighted by Crippen LogP contribution is -2.56. The Hall–Kier alpha value is -0.780. The predicted molar refractivity (Wildman–Crippen MR) is 90.5 cm³/mol. The van der Waals surface area contributed by atoms with Crippen molar-refractivity contribution in [2.45, 2.75) is 11.4 Å². The molecule has 1 aliphatic heterocycles. The molecule has 0 aromatic heterocycles. The Bertz CT molecular complexity index is 642. The van der Waals surface area contributed by atoms with Gasteiger partial charge < -0.3 is 4.90 Å². The van der Waals surface area contributed by atoms with Gasteiger partial charge in [0.05, 0.1) is 6.04 Å². The maximum absolute atomic E-state index is 12.1. The Labute approximate surface area is 140 Å². The molecular weight excluding hydrogens is 408 g/mol. The number of halogens is 3. The van der Waals surface area contributed by atoms with E-state index in [1.807, 2.05) is 48.5 Å². The minimum atomic E-state index is -0.518. The lowest BCUT2D eigenvalue weighted by molar-refractivity contribution is -0.123. The Kier molecular flexibility index (Phi) is 3.93. The second-order valence-corrected chi connectivity index (χ2v) is 6.74. The van der Waals surface area contributed by atoms with E-state index in [9.17, 15) is 4.79 Å². The average Bonchev–Trinajstić information content (AvgIpc) is 2.46. The fourth-order valence-corrected chi connectivity index (χ4v) is 3.17. The molecule has 2 aromatic carbocycles. The van der Waals surface area contributed by atoms with Gasteiger partial charge in [0, 0.05) is 14.3 Å². The Morgan fingerprint density at radius 1 is 1.00 bits per heavy atom. The standard InChI is InChI=1S/C15H10Cl2INO/c16-10-3-1-9(2-4-10)14-13(17)15(20)19(14)12-7-5-11(18)6-8-12/h1-8,13-14H. The van der Waals surface area contributed by atoms with Crippen LogP contribution >= 0.6 is 45.8 Å². The monoisotopic (exact) mass is 417 g/mol. The van der Waals surface area contributed by atoms with Crippen LogP contribution in [0.1, 0.15) is 11.6 Å². The molecule has 0 radical (unpaired) electrons. The highest BCUT2D eigenvalue weighted by molar-refractivity contribution is 14.1. The first-order valence-electron chi connectivity index (χ1n) is 6.06. The number of amides is 1. The maximum atomic E-state index is 12.1. The van der Waals surface area contributed by atoms with E-state index in [2.05, 4.69) is 22.6 Å². The second-order valence-electron chi connectivity index (χ2n) is 4.58. The highest BCUT2D eigenvalue weighted by Gasteiger charge is 2.47. The molecule has 1 amide bonds. The third-order valence-corrected chi connectivity index (χ3v) is 4.74. The molecule has 102 valence electrons. The van der Waals surface area contributed by atoms with Gasteiger partial charge in [-0.05, 0) is 64.6 Å². The number of carbonyl (C=O) groups is 1. The Morgan fingerprint density at radius 3 is 2.20 bits per heavy atom. The molecule has 0 N–H and O–H groups in total. The first-order chi connectivity index (χ1) is 9.58. The first-order valence-corrected chi connectivity index (χ1v) is 7.95. The molecular formula is C15H10Cl2INO. The van der Waals surface area contributed by atoms with E-state index < -0.39 is 5.38 Å². The number of β-lactam (4-membered cyclic amide) rings is 1. The molecule has 3 rings (SSSR count). The van der Waals surface area contributed by atoms with Crippen LogP contribution in [0, 0.1) is 3.57 Å². The van der Waals surface area contributed by atoms with E-state index in [-0.39, 0.29) is 11.9 Å². The van der Waals surface area contributed by atoms with Gasteiger partial charge in [-0.25, -0.2) is 0 Å². The summed E-state index contributed by atoms with van der Waals surface area (Å²) in [6.45, 7) is 0. The van der Waals surface area contributed by atoms with Gasteiger partial charge in [0.2, 0.25) is 5.91 Å². The van der Waals surface area contributed by atoms with Crippen molar-refractivity contribution in [1.82, 2.24) is 0 Å². The highest BCUT2D eigenvalue weighted by atomic mass is 127. The second kappa shape index (κ2) is 5.54. The molecule has 20 heavy (non-hydrogen) atoms. The third-order valence-electron chi connectivity index (χ3n) is 3.35. The lowest BCUT2D eigenvalue weighted by atomic mass is 9.92. The predicted octanol–water partition coefficient (Wildman–Crippen LogP) is 4.64. The van der Waals surface area contributed by atoms with Gasteiger partial charge in [-0.15, -0.1) is 11.6 Å². The number of alkyl halides is 1. The molecule has 2 unspecified atom stereocenters. The molecule has 1 aliphatic rings. The third kappa shape index (κ3) is 2.43. The number of nitrogens with zero attached hydrogens (tertiary/aromatic N) is 1. The molecule has 1 saturated heterocycles. The van der Waals surface area contributed by atoms with E-state index in [0.717, 1.165) is 14.8 Å². The van der Waals surface area contributed by atoms with Gasteiger partial charge in [-0.2, -0.15) is 0 Å². The van der Waals surface area contributed by atoms with Crippen LogP contribution in [-0.4, -0.2) is 11.3 Å². The van der Waals surface area contributed by atoms with Gasteiger partial charge in [-0.1, -0.05) is 23.7 Å². The number of benzene rings is 2. The summed E-state index contributed by atoms with van der Waals surface area (Å²) in [6.07, 6.45) is 0. The van der Waals surface area contributed by atoms with E-state index in [1.165, 1.54) is 0 Å². The molecule has 0 spiro atoms. The normalized spacial score (nSPS) is 21.8. The fraction of sp³-hybridized carbons (Fsp3) is 0.133. The van der Waals surface area contributed by atoms with Crippen LogP contribution in [0.25, 0.3) is 0 Å². The van der Waals surface area contributed by atoms with Crippen LogP contribution in [-0.2, 0) is 4.79 Å². The number of hydrogen-bond donors (Lipinski definition) is 0. The van der Waals surface area contributed by atoms with Crippen molar-refractivity contribution in [2.24, 2.45) is 0 Å². The van der Waals surface area contributed by atoms with Gasteiger partial charge in [0.1, 0.15) is 5.38 Å². The minimum Gasteiger partial charge on any atom is -0.302 e. The molecule has 0 bridgehead atoms. The number of anilines is 1. The van der Waals surface area contributed by atoms with Crippen molar-refractivity contribution >= 4 is 57.4 Å². The van der Waals surface area contributed by atoms with Crippen LogP contribution in [0.2, 0.25) is 5.02 Å². The molecule has 0 saturated carbocycles. The zero-order chi connectivity index (χ0) is 14.3. The van der Waals surface area contributed by atoms with Crippen molar-refractivity contribution in [2.75, 3.05) is 4.90 Å². The van der Waals surface area contributed by atoms with Gasteiger partial charge >= 0.3 is 0 Å². The lowest BCUT2D eigenvalue weighted by Gasteiger charge is -2.44. The van der Waals surface area contributed by atoms with Crippen LogP contribution in [0.5, 0.6) is 0 Å². The Morgan fingerprint density at radius 2 is 1.60 bits per heavy atom. The summed E-state index contributed by atoms with van der Waals surface area (Å²) in [4.78, 5) is 13.8. The first kappa shape index (κ1) is 14.2. The average molecular weight is 418 g/mol. The topological polar surface area (TPSA) is 20.3 Å². The summed E-state index contributed by atoms with van der Waals surface area (Å²) in [5.41, 5.74) is 1.86. The summed E-state index contributed by atoms with van der Waals surface area (Å²) in [5, 5.41) is 0.154. The van der Waals surface area contributed by atoms with E-state index in [4.69, 9.17) is 23.2 Å². The van der Waals surface area contributed by atoms with E-state index in [1.54, 1.807) is 4.90 Å². The van der Waals surface area contributed by atoms with Gasteiger partial charge in [0.15, 0.2) is 0 Å². The van der Waals surface area contributed by atoms with Gasteiger partial charge in [0.25, 0.3) is 0 Å². The van der Waals surface area contributed by atoms with Crippen molar-refractivity contribution < 1.29 is 4.79 Å². The van der Waals surface area contributed by atoms with Crippen molar-refractivity contribution in [3.8, 4) is 0 Å². The van der Waals surface area contributed by atoms with Crippen LogP contribution < -0.4 is 4.90 Å². The van der Waals surface area contributed by atoms with Crippen molar-refractivity contribution in [3.63, 3.8) is 0 Å². The smallest absolute Gasteiger partial charge is 0.248 e. The van der Waals surface area contributed by atoms with Crippen molar-refractivity contribution in [1.29, 1.82) is 0 Å². The molecule has 1 fully saturated rings. The number of rotatable bonds is 2. The minimum absolute atomic E-state index is 0.0622. The summed E-state index contributed by atoms with van der Waals surface area (Å²) in [7, 11) is 0. The molecule has 2 atom stereocenters. The zero-order valence-electron chi connectivity index (χ0n) is 10.3. The highest BCUT2D eigenvalue weighted by Crippen LogP contribution is 2.42. The van der Waals surface area contributed by atoms with Crippen molar-refractivity contribution in [3.05, 3.63) is 62.7 Å². The zero-order valence-corrected chi connectivity index (χ0v) is 13.9. The molecule has 1 heterocycles. The molecule has 0 aliphatic carbocycles. The Balaban J connectivity index is 1.95. The van der Waals surface area contributed by atoms with E-state index in [0.29, 0.717) is 5.02 Å². The largest absolute Gasteiger partial charge is 0.302 e. The quantitative estimate of drug-likeness (QED) is 0.396. The number of carbonyl (C=O) groups excluding carboxylic acids is 1. The number of hydrogen-bond acceptors (Lipinski definition) is 1. The fourth-order valence-electron chi connectivity index (χ4n) is 2.32. The summed E-state index contributed by atoms with van der Waals surface area (Å²) >= 11 is 14.3. The van der Waals surface area contributed by atoms with Gasteiger partial charge in [-0.3, -0.25) is 4.79 Å². The summed E-state index contributed by atoms with van der Waals surface area (Å²) in [6, 6.07) is 15.1. The van der Waals surface area contributed by atoms with E-state index >= 15 is 0 Å². The summed E-state index contributed by atoms with van der Waals surface area (Å²) < 4.78 is 1.13. The molecule has 5 heteroatoms. The maximum Gasteiger partial charge on any atom is 0.248 e.